The highest BCUT2D eigenvalue weighted by Gasteiger charge is 2.26. The summed E-state index contributed by atoms with van der Waals surface area (Å²) in [5.41, 5.74) is 0. The van der Waals surface area contributed by atoms with Gasteiger partial charge in [-0.2, -0.15) is 0 Å². The Hall–Kier alpha value is -1.67. The molecule has 0 radical (unpaired) electrons. The molecule has 2 unspecified atom stereocenters. The van der Waals surface area contributed by atoms with Gasteiger partial charge in [0, 0.05) is 31.3 Å². The van der Waals surface area contributed by atoms with Crippen LogP contribution in [0.4, 0.5) is 0 Å². The van der Waals surface area contributed by atoms with Gasteiger partial charge in [-0.15, -0.1) is 0 Å². The molecule has 0 amide bonds. The molecule has 386 valence electrons. The summed E-state index contributed by atoms with van der Waals surface area (Å²) in [6.45, 7) is 15.7. The number of hydrogen-bond donors (Lipinski definition) is 1. The first-order valence-corrected chi connectivity index (χ1v) is 28.9. The van der Waals surface area contributed by atoms with Crippen molar-refractivity contribution in [1.82, 2.24) is 10.2 Å². The van der Waals surface area contributed by atoms with Crippen LogP contribution in [0.1, 0.15) is 298 Å². The molecule has 0 aromatic heterocycles. The van der Waals surface area contributed by atoms with E-state index in [1.54, 1.807) is 0 Å². The summed E-state index contributed by atoms with van der Waals surface area (Å²) < 4.78 is 16.8. The maximum Gasteiger partial charge on any atom is 0.305 e. The van der Waals surface area contributed by atoms with Crippen LogP contribution in [0.5, 0.6) is 0 Å². The minimum absolute atomic E-state index is 0.0372. The standard InChI is InChI=1S/C57H112N2O6/c1-6-11-16-19-22-23-24-25-26-29-36-50-63-57(62)46-32-35-47-58-48-39-49-59(53(40-30-27-20-17-12-7-2)42-33-37-51-64-55(60)44-14-9-4)54(41-31-28-21-18-13-8-3)43-34-38-52-65-56(61)45-15-10-5/h53-54,58H,6-52H2,1-5H3. The van der Waals surface area contributed by atoms with Crippen LogP contribution in [0.2, 0.25) is 0 Å². The molecule has 2 atom stereocenters. The molecule has 1 N–H and O–H groups in total. The number of nitrogens with zero attached hydrogens (tertiary/aromatic N) is 1. The van der Waals surface area contributed by atoms with E-state index in [1.165, 1.54) is 148 Å². The van der Waals surface area contributed by atoms with E-state index < -0.39 is 0 Å². The number of hydrogen-bond acceptors (Lipinski definition) is 8. The van der Waals surface area contributed by atoms with Gasteiger partial charge in [0.2, 0.25) is 0 Å². The van der Waals surface area contributed by atoms with Crippen molar-refractivity contribution >= 4 is 17.9 Å². The lowest BCUT2D eigenvalue weighted by molar-refractivity contribution is -0.144. The molecule has 0 fully saturated rings. The van der Waals surface area contributed by atoms with Gasteiger partial charge in [-0.25, -0.2) is 0 Å². The maximum atomic E-state index is 12.4. The predicted molar refractivity (Wildman–Crippen MR) is 278 cm³/mol. The molecule has 0 aliphatic carbocycles. The van der Waals surface area contributed by atoms with Gasteiger partial charge >= 0.3 is 17.9 Å². The molecule has 0 saturated carbocycles. The van der Waals surface area contributed by atoms with Crippen molar-refractivity contribution in [3.63, 3.8) is 0 Å². The third-order valence-corrected chi connectivity index (χ3v) is 13.3. The Labute approximate surface area is 404 Å². The Balaban J connectivity index is 5.36. The number of carbonyl (C=O) groups is 3. The fourth-order valence-electron chi connectivity index (χ4n) is 9.11. The van der Waals surface area contributed by atoms with E-state index in [4.69, 9.17) is 14.2 Å². The van der Waals surface area contributed by atoms with E-state index in [1.807, 2.05) is 0 Å². The highest BCUT2D eigenvalue weighted by molar-refractivity contribution is 5.69. The Kier molecular flexibility index (Phi) is 50.4. The Bertz CT molecular complexity index is 960. The lowest BCUT2D eigenvalue weighted by atomic mass is 9.94. The van der Waals surface area contributed by atoms with Gasteiger partial charge in [0.1, 0.15) is 0 Å². The Morgan fingerprint density at radius 1 is 0.338 bits per heavy atom. The number of ether oxygens (including phenoxy) is 3. The second-order valence-corrected chi connectivity index (χ2v) is 19.6. The second-order valence-electron chi connectivity index (χ2n) is 19.6. The normalized spacial score (nSPS) is 12.5. The number of nitrogens with one attached hydrogen (secondary N) is 1. The fraction of sp³-hybridized carbons (Fsp3) is 0.947. The van der Waals surface area contributed by atoms with Crippen LogP contribution in [0, 0.1) is 0 Å². The summed E-state index contributed by atoms with van der Waals surface area (Å²) in [5.74, 6) is -0.131. The van der Waals surface area contributed by atoms with Crippen LogP contribution in [0.25, 0.3) is 0 Å². The Morgan fingerprint density at radius 2 is 0.631 bits per heavy atom. The molecule has 0 heterocycles. The van der Waals surface area contributed by atoms with E-state index in [2.05, 4.69) is 44.8 Å². The monoisotopic (exact) mass is 921 g/mol. The van der Waals surface area contributed by atoms with Gasteiger partial charge in [0.15, 0.2) is 0 Å². The average molecular weight is 922 g/mol. The first-order valence-electron chi connectivity index (χ1n) is 28.9. The zero-order valence-electron chi connectivity index (χ0n) is 44.3. The molecule has 0 aliphatic rings. The summed E-state index contributed by atoms with van der Waals surface area (Å²) in [4.78, 5) is 39.8. The van der Waals surface area contributed by atoms with E-state index in [-0.39, 0.29) is 17.9 Å². The molecule has 0 aliphatic heterocycles. The summed E-state index contributed by atoms with van der Waals surface area (Å²) in [6.07, 6.45) is 47.1. The molecule has 0 bridgehead atoms. The molecule has 0 rings (SSSR count). The van der Waals surface area contributed by atoms with Crippen molar-refractivity contribution in [3.05, 3.63) is 0 Å². The largest absolute Gasteiger partial charge is 0.466 e. The quantitative estimate of drug-likeness (QED) is 0.0366. The number of esters is 3. The molecule has 8 nitrogen and oxygen atoms in total. The van der Waals surface area contributed by atoms with Crippen LogP contribution < -0.4 is 5.32 Å². The van der Waals surface area contributed by atoms with E-state index in [9.17, 15) is 14.4 Å². The van der Waals surface area contributed by atoms with Gasteiger partial charge in [-0.05, 0) is 110 Å². The van der Waals surface area contributed by atoms with Gasteiger partial charge in [-0.3, -0.25) is 19.3 Å². The topological polar surface area (TPSA) is 94.2 Å². The summed E-state index contributed by atoms with van der Waals surface area (Å²) in [7, 11) is 0. The first-order chi connectivity index (χ1) is 31.9. The maximum absolute atomic E-state index is 12.4. The van der Waals surface area contributed by atoms with Crippen molar-refractivity contribution in [2.75, 3.05) is 39.5 Å². The van der Waals surface area contributed by atoms with E-state index >= 15 is 0 Å². The summed E-state index contributed by atoms with van der Waals surface area (Å²) in [5, 5.41) is 3.72. The number of rotatable bonds is 53. The molecule has 0 spiro atoms. The van der Waals surface area contributed by atoms with Crippen molar-refractivity contribution in [3.8, 4) is 0 Å². The zero-order chi connectivity index (χ0) is 47.5. The van der Waals surface area contributed by atoms with Crippen LogP contribution in [-0.4, -0.2) is 74.3 Å². The minimum atomic E-state index is -0.0469. The molecule has 65 heavy (non-hydrogen) atoms. The van der Waals surface area contributed by atoms with Crippen molar-refractivity contribution in [2.24, 2.45) is 0 Å². The zero-order valence-corrected chi connectivity index (χ0v) is 44.3. The highest BCUT2D eigenvalue weighted by atomic mass is 16.5. The van der Waals surface area contributed by atoms with Gasteiger partial charge in [-0.1, -0.05) is 189 Å². The third kappa shape index (κ3) is 44.6. The fourth-order valence-corrected chi connectivity index (χ4v) is 9.11. The van der Waals surface area contributed by atoms with Crippen LogP contribution in [0.3, 0.4) is 0 Å². The lowest BCUT2D eigenvalue weighted by Gasteiger charge is -2.39. The van der Waals surface area contributed by atoms with E-state index in [0.717, 1.165) is 116 Å². The van der Waals surface area contributed by atoms with Crippen molar-refractivity contribution < 1.29 is 28.6 Å². The van der Waals surface area contributed by atoms with Crippen LogP contribution >= 0.6 is 0 Å². The second kappa shape index (κ2) is 51.7. The lowest BCUT2D eigenvalue weighted by Crippen LogP contribution is -2.45. The third-order valence-electron chi connectivity index (χ3n) is 13.3. The smallest absolute Gasteiger partial charge is 0.305 e. The van der Waals surface area contributed by atoms with Crippen molar-refractivity contribution in [1.29, 1.82) is 0 Å². The highest BCUT2D eigenvalue weighted by Crippen LogP contribution is 2.26. The Morgan fingerprint density at radius 3 is 1.02 bits per heavy atom. The molecular weight excluding hydrogens is 809 g/mol. The molecular formula is C57H112N2O6. The molecule has 0 saturated heterocycles. The summed E-state index contributed by atoms with van der Waals surface area (Å²) in [6, 6.07) is 1.04. The SMILES string of the molecule is CCCCCCCCCCCCCOC(=O)CCCCNCCCN(C(CCCCCCCC)CCCCOC(=O)CCCC)C(CCCCCCCC)CCCCOC(=O)CCCC. The van der Waals surface area contributed by atoms with Crippen molar-refractivity contribution in [2.45, 2.75) is 310 Å². The van der Waals surface area contributed by atoms with E-state index in [0.29, 0.717) is 51.2 Å². The van der Waals surface area contributed by atoms with Gasteiger partial charge in [0.05, 0.1) is 19.8 Å². The molecule has 0 aromatic rings. The predicted octanol–water partition coefficient (Wildman–Crippen LogP) is 16.3. The first kappa shape index (κ1) is 63.3. The van der Waals surface area contributed by atoms with Gasteiger partial charge < -0.3 is 19.5 Å². The summed E-state index contributed by atoms with van der Waals surface area (Å²) >= 11 is 0. The number of unbranched alkanes of at least 4 members (excludes halogenated alkanes) is 25. The van der Waals surface area contributed by atoms with Crippen LogP contribution in [0.15, 0.2) is 0 Å². The van der Waals surface area contributed by atoms with Gasteiger partial charge in [0.25, 0.3) is 0 Å². The molecule has 8 heteroatoms. The van der Waals surface area contributed by atoms with Crippen LogP contribution in [-0.2, 0) is 28.6 Å². The molecule has 0 aromatic carbocycles. The number of carbonyl (C=O) groups excluding carboxylic acids is 3. The minimum Gasteiger partial charge on any atom is -0.466 e. The average Bonchev–Trinajstić information content (AvgIpc) is 3.30.